The Labute approximate surface area is 93.5 Å². The number of aromatic hydroxyl groups is 1. The van der Waals surface area contributed by atoms with Crippen LogP contribution in [0, 0.1) is 0 Å². The second kappa shape index (κ2) is 5.56. The Bertz CT molecular complexity index is 344. The topological polar surface area (TPSA) is 53.4 Å². The molecule has 0 fully saturated rings. The first-order chi connectivity index (χ1) is 7.20. The fourth-order valence-corrected chi connectivity index (χ4v) is 1.45. The Kier molecular flexibility index (Phi) is 4.37. The molecule has 0 aliphatic carbocycles. The van der Waals surface area contributed by atoms with Gasteiger partial charge in [-0.05, 0) is 13.0 Å². The Hall–Kier alpha value is -1.29. The predicted octanol–water partition coefficient (Wildman–Crippen LogP) is 1.49. The van der Waals surface area contributed by atoms with E-state index < -0.39 is 0 Å². The van der Waals surface area contributed by atoms with Crippen LogP contribution in [0.4, 0.5) is 0 Å². The summed E-state index contributed by atoms with van der Waals surface area (Å²) in [4.78, 5) is 17.1. The molecule has 0 radical (unpaired) electrons. The van der Waals surface area contributed by atoms with Gasteiger partial charge in [0.15, 0.2) is 0 Å². The van der Waals surface area contributed by atoms with Gasteiger partial charge in [-0.3, -0.25) is 9.78 Å². The molecule has 0 bridgehead atoms. The van der Waals surface area contributed by atoms with Crippen molar-refractivity contribution in [2.45, 2.75) is 6.92 Å². The number of amides is 1. The number of aromatic nitrogens is 1. The summed E-state index contributed by atoms with van der Waals surface area (Å²) in [6, 6.07) is 1.49. The molecule has 4 nitrogen and oxygen atoms in total. The van der Waals surface area contributed by atoms with Crippen molar-refractivity contribution >= 4 is 17.5 Å². The van der Waals surface area contributed by atoms with E-state index in [2.05, 4.69) is 4.98 Å². The van der Waals surface area contributed by atoms with Crippen molar-refractivity contribution < 1.29 is 9.90 Å². The van der Waals surface area contributed by atoms with Crippen LogP contribution >= 0.6 is 11.6 Å². The van der Waals surface area contributed by atoms with Crippen molar-refractivity contribution in [3.63, 3.8) is 0 Å². The third-order valence-corrected chi connectivity index (χ3v) is 2.22. The van der Waals surface area contributed by atoms with Gasteiger partial charge < -0.3 is 10.0 Å². The summed E-state index contributed by atoms with van der Waals surface area (Å²) in [5.41, 5.74) is 0.261. The maximum atomic E-state index is 11.9. The smallest absolute Gasteiger partial charge is 0.257 e. The zero-order valence-electron chi connectivity index (χ0n) is 8.48. The molecule has 0 aliphatic heterocycles. The van der Waals surface area contributed by atoms with Crippen LogP contribution in [0.2, 0.25) is 0 Å². The molecule has 5 heteroatoms. The van der Waals surface area contributed by atoms with E-state index in [1.807, 2.05) is 6.92 Å². The van der Waals surface area contributed by atoms with E-state index in [0.717, 1.165) is 0 Å². The lowest BCUT2D eigenvalue weighted by Crippen LogP contribution is -2.32. The average Bonchev–Trinajstić information content (AvgIpc) is 2.25. The summed E-state index contributed by atoms with van der Waals surface area (Å²) >= 11 is 5.58. The van der Waals surface area contributed by atoms with E-state index in [-0.39, 0.29) is 17.2 Å². The molecule has 1 heterocycles. The van der Waals surface area contributed by atoms with Gasteiger partial charge in [-0.1, -0.05) is 0 Å². The lowest BCUT2D eigenvalue weighted by molar-refractivity contribution is 0.0771. The van der Waals surface area contributed by atoms with Crippen LogP contribution in [-0.2, 0) is 0 Å². The van der Waals surface area contributed by atoms with Gasteiger partial charge in [0.2, 0.25) is 0 Å². The van der Waals surface area contributed by atoms with E-state index in [1.165, 1.54) is 18.5 Å². The number of hydrogen-bond acceptors (Lipinski definition) is 3. The van der Waals surface area contributed by atoms with Crippen molar-refractivity contribution in [3.05, 3.63) is 24.0 Å². The summed E-state index contributed by atoms with van der Waals surface area (Å²) in [7, 11) is 0. The fourth-order valence-electron chi connectivity index (χ4n) is 1.24. The maximum absolute atomic E-state index is 11.9. The fraction of sp³-hybridized carbons (Fsp3) is 0.400. The van der Waals surface area contributed by atoms with Crippen LogP contribution in [-0.4, -0.2) is 39.9 Å². The highest BCUT2D eigenvalue weighted by molar-refractivity contribution is 6.18. The molecule has 0 aromatic carbocycles. The molecule has 1 amide bonds. The second-order valence-corrected chi connectivity index (χ2v) is 3.34. The molecule has 0 saturated heterocycles. The van der Waals surface area contributed by atoms with Gasteiger partial charge in [0.25, 0.3) is 5.91 Å². The van der Waals surface area contributed by atoms with Crippen LogP contribution in [0.3, 0.4) is 0 Å². The lowest BCUT2D eigenvalue weighted by atomic mass is 10.2. The molecule has 0 atom stereocenters. The van der Waals surface area contributed by atoms with Crippen LogP contribution in [0.15, 0.2) is 18.5 Å². The Morgan fingerprint density at radius 1 is 1.67 bits per heavy atom. The zero-order valence-corrected chi connectivity index (χ0v) is 9.24. The van der Waals surface area contributed by atoms with Gasteiger partial charge in [-0.15, -0.1) is 11.6 Å². The minimum absolute atomic E-state index is 0.101. The van der Waals surface area contributed by atoms with Gasteiger partial charge in [-0.25, -0.2) is 0 Å². The first kappa shape index (κ1) is 11.8. The van der Waals surface area contributed by atoms with E-state index in [4.69, 9.17) is 11.6 Å². The number of carbonyl (C=O) groups is 1. The molecular formula is C10H13ClN2O2. The molecule has 1 aromatic rings. The Balaban J connectivity index is 2.88. The zero-order chi connectivity index (χ0) is 11.3. The first-order valence-corrected chi connectivity index (χ1v) is 5.22. The number of halogens is 1. The Morgan fingerprint density at radius 3 is 2.93 bits per heavy atom. The molecule has 0 saturated carbocycles. The molecule has 82 valence electrons. The van der Waals surface area contributed by atoms with E-state index in [0.29, 0.717) is 19.0 Å². The first-order valence-electron chi connectivity index (χ1n) is 4.69. The number of rotatable bonds is 4. The largest absolute Gasteiger partial charge is 0.505 e. The third-order valence-electron chi connectivity index (χ3n) is 2.05. The lowest BCUT2D eigenvalue weighted by Gasteiger charge is -2.19. The number of carbonyl (C=O) groups excluding carboxylic acids is 1. The molecule has 1 aromatic heterocycles. The number of hydrogen-bond donors (Lipinski definition) is 1. The van der Waals surface area contributed by atoms with Crippen molar-refractivity contribution in [2.24, 2.45) is 0 Å². The van der Waals surface area contributed by atoms with E-state index in [9.17, 15) is 9.90 Å². The van der Waals surface area contributed by atoms with Crippen LogP contribution in [0.25, 0.3) is 0 Å². The predicted molar refractivity (Wildman–Crippen MR) is 58.2 cm³/mol. The average molecular weight is 229 g/mol. The molecule has 0 spiro atoms. The highest BCUT2D eigenvalue weighted by atomic mass is 35.5. The van der Waals surface area contributed by atoms with Crippen molar-refractivity contribution in [3.8, 4) is 5.75 Å². The Morgan fingerprint density at radius 2 is 2.40 bits per heavy atom. The summed E-state index contributed by atoms with van der Waals surface area (Å²) in [6.45, 7) is 2.90. The molecule has 1 rings (SSSR count). The number of alkyl halides is 1. The molecule has 1 N–H and O–H groups in total. The third kappa shape index (κ3) is 2.83. The summed E-state index contributed by atoms with van der Waals surface area (Å²) < 4.78 is 0. The van der Waals surface area contributed by atoms with Gasteiger partial charge >= 0.3 is 0 Å². The molecular weight excluding hydrogens is 216 g/mol. The van der Waals surface area contributed by atoms with Gasteiger partial charge in [-0.2, -0.15) is 0 Å². The second-order valence-electron chi connectivity index (χ2n) is 2.97. The molecule has 15 heavy (non-hydrogen) atoms. The van der Waals surface area contributed by atoms with Crippen LogP contribution in [0.1, 0.15) is 17.3 Å². The normalized spacial score (nSPS) is 10.0. The number of nitrogens with zero attached hydrogens (tertiary/aromatic N) is 2. The monoisotopic (exact) mass is 228 g/mol. The van der Waals surface area contributed by atoms with Crippen molar-refractivity contribution in [1.82, 2.24) is 9.88 Å². The standard InChI is InChI=1S/C10H13ClN2O2/c1-2-13(6-4-11)10(15)8-3-5-12-7-9(8)14/h3,5,7,14H,2,4,6H2,1H3. The van der Waals surface area contributed by atoms with Gasteiger partial charge in [0, 0.05) is 25.2 Å². The summed E-state index contributed by atoms with van der Waals surface area (Å²) in [5.74, 6) is 0.0550. The van der Waals surface area contributed by atoms with Crippen LogP contribution in [0.5, 0.6) is 5.75 Å². The van der Waals surface area contributed by atoms with E-state index in [1.54, 1.807) is 4.90 Å². The highest BCUT2D eigenvalue weighted by Crippen LogP contribution is 2.16. The van der Waals surface area contributed by atoms with Crippen LogP contribution < -0.4 is 0 Å². The summed E-state index contributed by atoms with van der Waals surface area (Å²) in [5, 5.41) is 9.45. The quantitative estimate of drug-likeness (QED) is 0.795. The SMILES string of the molecule is CCN(CCCl)C(=O)c1ccncc1O. The van der Waals surface area contributed by atoms with Crippen molar-refractivity contribution in [1.29, 1.82) is 0 Å². The summed E-state index contributed by atoms with van der Waals surface area (Å²) in [6.07, 6.45) is 2.73. The minimum Gasteiger partial charge on any atom is -0.505 e. The number of pyridine rings is 1. The molecule has 0 aliphatic rings. The van der Waals surface area contributed by atoms with Gasteiger partial charge in [0.05, 0.1) is 11.8 Å². The minimum atomic E-state index is -0.224. The maximum Gasteiger partial charge on any atom is 0.257 e. The van der Waals surface area contributed by atoms with Gasteiger partial charge in [0.1, 0.15) is 5.75 Å². The highest BCUT2D eigenvalue weighted by Gasteiger charge is 2.16. The van der Waals surface area contributed by atoms with Crippen molar-refractivity contribution in [2.75, 3.05) is 19.0 Å². The van der Waals surface area contributed by atoms with E-state index >= 15 is 0 Å². The molecule has 0 unspecified atom stereocenters.